The van der Waals surface area contributed by atoms with Gasteiger partial charge in [0.2, 0.25) is 0 Å². The summed E-state index contributed by atoms with van der Waals surface area (Å²) in [5.74, 6) is 0.0529. The Morgan fingerprint density at radius 3 is 1.81 bits per heavy atom. The summed E-state index contributed by atoms with van der Waals surface area (Å²) in [6.45, 7) is 7.40. The Kier molecular flexibility index (Phi) is 6.41. The molecule has 0 saturated carbocycles. The van der Waals surface area contributed by atoms with Crippen molar-refractivity contribution in [1.29, 1.82) is 0 Å². The van der Waals surface area contributed by atoms with Crippen molar-refractivity contribution in [2.45, 2.75) is 20.8 Å². The van der Waals surface area contributed by atoms with E-state index in [1.165, 1.54) is 0 Å². The van der Waals surface area contributed by atoms with Crippen molar-refractivity contribution in [2.24, 2.45) is 0 Å². The van der Waals surface area contributed by atoms with Crippen LogP contribution in [0, 0.1) is 6.92 Å². The van der Waals surface area contributed by atoms with Crippen LogP contribution in [0.15, 0.2) is 91.0 Å². The fourth-order valence-corrected chi connectivity index (χ4v) is 4.16. The van der Waals surface area contributed by atoms with Gasteiger partial charge in [0.05, 0.1) is 22.6 Å². The van der Waals surface area contributed by atoms with Crippen LogP contribution >= 0.6 is 0 Å². The summed E-state index contributed by atoms with van der Waals surface area (Å²) >= 11 is 0. The summed E-state index contributed by atoms with van der Waals surface area (Å²) < 4.78 is 2.06. The van der Waals surface area contributed by atoms with Crippen molar-refractivity contribution < 1.29 is 4.79 Å². The maximum absolute atomic E-state index is 13.8. The molecular formula is C28H29N3O. The molecule has 1 aromatic heterocycles. The summed E-state index contributed by atoms with van der Waals surface area (Å²) in [4.78, 5) is 15.6. The van der Waals surface area contributed by atoms with Gasteiger partial charge < -0.3 is 4.90 Å². The molecule has 0 aliphatic rings. The lowest BCUT2D eigenvalue weighted by Crippen LogP contribution is -2.31. The summed E-state index contributed by atoms with van der Waals surface area (Å²) in [5, 5.41) is 0. The average Bonchev–Trinajstić information content (AvgIpc) is 3.13. The third-order valence-corrected chi connectivity index (χ3v) is 5.80. The van der Waals surface area contributed by atoms with Crippen LogP contribution in [0.25, 0.3) is 22.4 Å². The molecule has 0 atom stereocenters. The molecule has 1 heterocycles. The van der Waals surface area contributed by atoms with Gasteiger partial charge in [-0.15, -0.1) is 0 Å². The molecule has 1 N–H and O–H groups in total. The van der Waals surface area contributed by atoms with Crippen LogP contribution in [0.1, 0.15) is 29.9 Å². The van der Waals surface area contributed by atoms with E-state index in [1.54, 1.807) is 0 Å². The van der Waals surface area contributed by atoms with Gasteiger partial charge in [-0.05, 0) is 38.5 Å². The van der Waals surface area contributed by atoms with Crippen molar-refractivity contribution in [3.63, 3.8) is 0 Å². The van der Waals surface area contributed by atoms with Crippen LogP contribution in [-0.2, 0) is 0 Å². The third kappa shape index (κ3) is 4.04. The molecule has 3 aromatic carbocycles. The number of carbonyl (C=O) groups excluding carboxylic acids is 1. The lowest BCUT2D eigenvalue weighted by Gasteiger charge is -2.20. The van der Waals surface area contributed by atoms with Gasteiger partial charge in [0.1, 0.15) is 0 Å². The molecule has 4 rings (SSSR count). The predicted molar refractivity (Wildman–Crippen MR) is 133 cm³/mol. The van der Waals surface area contributed by atoms with Gasteiger partial charge in [-0.2, -0.15) is 0 Å². The van der Waals surface area contributed by atoms with Crippen molar-refractivity contribution in [3.8, 4) is 22.4 Å². The Balaban J connectivity index is 2.04. The number of aromatic nitrogens is 1. The Bertz CT molecular complexity index is 1180. The highest BCUT2D eigenvalue weighted by molar-refractivity contribution is 6.06. The first-order chi connectivity index (χ1) is 15.7. The molecule has 162 valence electrons. The molecule has 0 aliphatic heterocycles. The minimum absolute atomic E-state index is 0.0529. The number of para-hydroxylation sites is 1. The molecule has 0 unspecified atom stereocenters. The minimum atomic E-state index is 0.0529. The van der Waals surface area contributed by atoms with Crippen molar-refractivity contribution in [2.75, 3.05) is 18.5 Å². The van der Waals surface area contributed by atoms with E-state index in [0.29, 0.717) is 13.1 Å². The van der Waals surface area contributed by atoms with Crippen molar-refractivity contribution in [3.05, 3.63) is 102 Å². The number of rotatable bonds is 7. The predicted octanol–water partition coefficient (Wildman–Crippen LogP) is 6.49. The number of amides is 1. The van der Waals surface area contributed by atoms with E-state index in [4.69, 9.17) is 0 Å². The highest BCUT2D eigenvalue weighted by atomic mass is 16.2. The molecule has 0 fully saturated rings. The zero-order chi connectivity index (χ0) is 22.5. The summed E-state index contributed by atoms with van der Waals surface area (Å²) in [6, 6.07) is 30.5. The topological polar surface area (TPSA) is 37.3 Å². The third-order valence-electron chi connectivity index (χ3n) is 5.80. The van der Waals surface area contributed by atoms with Gasteiger partial charge in [-0.1, -0.05) is 78.9 Å². The second kappa shape index (κ2) is 9.56. The van der Waals surface area contributed by atoms with Gasteiger partial charge in [-0.3, -0.25) is 14.9 Å². The van der Waals surface area contributed by atoms with E-state index in [9.17, 15) is 4.79 Å². The smallest absolute Gasteiger partial charge is 0.256 e. The molecule has 0 spiro atoms. The standard InChI is InChI=1S/C28H29N3O/c1-4-30(5-2)28(32)25-21(3)31(29-24-19-13-8-14-20-24)27(23-17-11-7-12-18-23)26(25)22-15-9-6-10-16-22/h6-20,29H,4-5H2,1-3H3. The van der Waals surface area contributed by atoms with Gasteiger partial charge in [0.25, 0.3) is 5.91 Å². The molecule has 0 bridgehead atoms. The highest BCUT2D eigenvalue weighted by Crippen LogP contribution is 2.39. The quantitative estimate of drug-likeness (QED) is 0.369. The van der Waals surface area contributed by atoms with Crippen LogP contribution < -0.4 is 5.43 Å². The van der Waals surface area contributed by atoms with E-state index in [1.807, 2.05) is 92.4 Å². The Morgan fingerprint density at radius 2 is 1.28 bits per heavy atom. The maximum Gasteiger partial charge on any atom is 0.256 e. The number of nitrogens with zero attached hydrogens (tertiary/aromatic N) is 2. The van der Waals surface area contributed by atoms with Crippen LogP contribution in [0.5, 0.6) is 0 Å². The van der Waals surface area contributed by atoms with E-state index >= 15 is 0 Å². The van der Waals surface area contributed by atoms with Crippen LogP contribution in [-0.4, -0.2) is 28.6 Å². The molecule has 0 radical (unpaired) electrons. The fraction of sp³-hybridized carbons (Fsp3) is 0.179. The van der Waals surface area contributed by atoms with Gasteiger partial charge in [0.15, 0.2) is 0 Å². The van der Waals surface area contributed by atoms with Crippen LogP contribution in [0.4, 0.5) is 5.69 Å². The molecule has 32 heavy (non-hydrogen) atoms. The molecular weight excluding hydrogens is 394 g/mol. The van der Waals surface area contributed by atoms with Crippen molar-refractivity contribution >= 4 is 11.6 Å². The van der Waals surface area contributed by atoms with Gasteiger partial charge in [-0.25, -0.2) is 0 Å². The number of nitrogens with one attached hydrogen (secondary N) is 1. The molecule has 4 heteroatoms. The Morgan fingerprint density at radius 1 is 0.781 bits per heavy atom. The van der Waals surface area contributed by atoms with Crippen LogP contribution in [0.2, 0.25) is 0 Å². The summed E-state index contributed by atoms with van der Waals surface area (Å²) in [6.07, 6.45) is 0. The zero-order valence-electron chi connectivity index (χ0n) is 18.9. The highest BCUT2D eigenvalue weighted by Gasteiger charge is 2.29. The maximum atomic E-state index is 13.8. The minimum Gasteiger partial charge on any atom is -0.339 e. The van der Waals surface area contributed by atoms with Gasteiger partial charge >= 0.3 is 0 Å². The fourth-order valence-electron chi connectivity index (χ4n) is 4.16. The molecule has 4 aromatic rings. The lowest BCUT2D eigenvalue weighted by molar-refractivity contribution is 0.0773. The van der Waals surface area contributed by atoms with E-state index in [-0.39, 0.29) is 5.91 Å². The number of hydrogen-bond acceptors (Lipinski definition) is 2. The normalized spacial score (nSPS) is 10.7. The number of hydrogen-bond donors (Lipinski definition) is 1. The number of carbonyl (C=O) groups is 1. The summed E-state index contributed by atoms with van der Waals surface area (Å²) in [5.41, 5.74) is 10.2. The first-order valence-electron chi connectivity index (χ1n) is 11.1. The number of benzene rings is 3. The van der Waals surface area contributed by atoms with Crippen LogP contribution in [0.3, 0.4) is 0 Å². The largest absolute Gasteiger partial charge is 0.339 e. The zero-order valence-corrected chi connectivity index (χ0v) is 18.9. The van der Waals surface area contributed by atoms with E-state index in [2.05, 4.69) is 34.4 Å². The average molecular weight is 424 g/mol. The second-order valence-corrected chi connectivity index (χ2v) is 7.71. The SMILES string of the molecule is CCN(CC)C(=O)c1c(-c2ccccc2)c(-c2ccccc2)n(Nc2ccccc2)c1C. The lowest BCUT2D eigenvalue weighted by atomic mass is 9.96. The Hall–Kier alpha value is -3.79. The number of anilines is 1. The molecule has 0 aliphatic carbocycles. The second-order valence-electron chi connectivity index (χ2n) is 7.71. The first-order valence-corrected chi connectivity index (χ1v) is 11.1. The van der Waals surface area contributed by atoms with E-state index in [0.717, 1.165) is 39.3 Å². The monoisotopic (exact) mass is 423 g/mol. The Labute approximate surface area is 190 Å². The first kappa shape index (κ1) is 21.4. The van der Waals surface area contributed by atoms with Crippen molar-refractivity contribution in [1.82, 2.24) is 9.58 Å². The summed E-state index contributed by atoms with van der Waals surface area (Å²) in [7, 11) is 0. The molecule has 4 nitrogen and oxygen atoms in total. The van der Waals surface area contributed by atoms with E-state index < -0.39 is 0 Å². The molecule has 1 amide bonds. The molecule has 0 saturated heterocycles. The van der Waals surface area contributed by atoms with Gasteiger partial charge in [0, 0.05) is 24.2 Å².